The molecular weight excluding hydrogens is 492 g/mol. The summed E-state index contributed by atoms with van der Waals surface area (Å²) >= 11 is 6.78. The standard InChI is InChI=1S/C27H28N4O3S2/c1-16-7-9-20(10-8-16)15-31-26(33)22(36-27(31)35)12-21-24(29-13-18(3)34-19(4)14-29)28-23-17(2)6-5-11-30(23)25(21)32/h5-12,18-19H,13-15H2,1-4H3. The van der Waals surface area contributed by atoms with Gasteiger partial charge in [0.25, 0.3) is 11.5 Å². The Balaban J connectivity index is 1.58. The van der Waals surface area contributed by atoms with Gasteiger partial charge in [-0.25, -0.2) is 4.98 Å². The number of thiocarbonyl (C=S) groups is 1. The van der Waals surface area contributed by atoms with Crippen LogP contribution in [0.25, 0.3) is 11.7 Å². The van der Waals surface area contributed by atoms with Crippen molar-refractivity contribution in [1.82, 2.24) is 14.3 Å². The van der Waals surface area contributed by atoms with Crippen molar-refractivity contribution in [3.05, 3.63) is 80.1 Å². The highest BCUT2D eigenvalue weighted by Gasteiger charge is 2.33. The maximum atomic E-state index is 13.7. The van der Waals surface area contributed by atoms with Crippen molar-refractivity contribution < 1.29 is 9.53 Å². The van der Waals surface area contributed by atoms with Gasteiger partial charge in [-0.15, -0.1) is 0 Å². The van der Waals surface area contributed by atoms with E-state index in [0.717, 1.165) is 16.7 Å². The zero-order valence-electron chi connectivity index (χ0n) is 20.7. The van der Waals surface area contributed by atoms with Gasteiger partial charge in [0.15, 0.2) is 0 Å². The summed E-state index contributed by atoms with van der Waals surface area (Å²) in [5.74, 6) is 0.370. The van der Waals surface area contributed by atoms with Gasteiger partial charge >= 0.3 is 0 Å². The van der Waals surface area contributed by atoms with Gasteiger partial charge in [0.1, 0.15) is 15.8 Å². The fourth-order valence-corrected chi connectivity index (χ4v) is 5.90. The molecule has 1 amide bonds. The Morgan fingerprint density at radius 1 is 1.11 bits per heavy atom. The Labute approximate surface area is 219 Å². The first-order valence-electron chi connectivity index (χ1n) is 11.9. The number of nitrogens with zero attached hydrogens (tertiary/aromatic N) is 4. The monoisotopic (exact) mass is 520 g/mol. The van der Waals surface area contributed by atoms with Crippen molar-refractivity contribution in [1.29, 1.82) is 0 Å². The number of fused-ring (bicyclic) bond motifs is 1. The lowest BCUT2D eigenvalue weighted by Gasteiger charge is -2.36. The van der Waals surface area contributed by atoms with Crippen LogP contribution in [-0.4, -0.2) is 49.8 Å². The van der Waals surface area contributed by atoms with Gasteiger partial charge in [0, 0.05) is 19.3 Å². The lowest BCUT2D eigenvalue weighted by Crippen LogP contribution is -2.46. The number of amides is 1. The molecule has 2 unspecified atom stereocenters. The van der Waals surface area contributed by atoms with Gasteiger partial charge in [-0.2, -0.15) is 0 Å². The highest BCUT2D eigenvalue weighted by molar-refractivity contribution is 8.26. The fourth-order valence-electron chi connectivity index (χ4n) is 4.66. The number of aromatic nitrogens is 2. The maximum Gasteiger partial charge on any atom is 0.267 e. The Bertz CT molecular complexity index is 1440. The minimum Gasteiger partial charge on any atom is -0.372 e. The average Bonchev–Trinajstić information content (AvgIpc) is 3.09. The third-order valence-corrected chi connectivity index (χ3v) is 7.77. The van der Waals surface area contributed by atoms with Crippen LogP contribution in [0.4, 0.5) is 5.82 Å². The van der Waals surface area contributed by atoms with E-state index in [1.165, 1.54) is 11.8 Å². The normalized spacial score (nSPS) is 21.7. The second-order valence-corrected chi connectivity index (χ2v) is 11.1. The van der Waals surface area contributed by atoms with E-state index in [0.29, 0.717) is 45.9 Å². The van der Waals surface area contributed by atoms with Crippen molar-refractivity contribution in [2.45, 2.75) is 46.4 Å². The van der Waals surface area contributed by atoms with Gasteiger partial charge < -0.3 is 9.64 Å². The molecule has 2 aliphatic rings. The SMILES string of the molecule is Cc1ccc(CN2C(=O)C(=Cc3c(N4CC(C)OC(C)C4)nc4c(C)cccn4c3=O)SC2=S)cc1. The number of carbonyl (C=O) groups excluding carboxylic acids is 1. The van der Waals surface area contributed by atoms with Crippen LogP contribution in [0.5, 0.6) is 0 Å². The van der Waals surface area contributed by atoms with Crippen LogP contribution in [0.15, 0.2) is 52.3 Å². The van der Waals surface area contributed by atoms with E-state index in [1.807, 2.05) is 64.1 Å². The number of pyridine rings is 1. The average molecular weight is 521 g/mol. The van der Waals surface area contributed by atoms with Gasteiger partial charge in [-0.05, 0) is 51.0 Å². The maximum absolute atomic E-state index is 13.7. The molecular formula is C27H28N4O3S2. The van der Waals surface area contributed by atoms with E-state index in [9.17, 15) is 9.59 Å². The smallest absolute Gasteiger partial charge is 0.267 e. The van der Waals surface area contributed by atoms with Crippen LogP contribution < -0.4 is 10.5 Å². The second-order valence-electron chi connectivity index (χ2n) is 9.45. The van der Waals surface area contributed by atoms with Crippen molar-refractivity contribution in [2.24, 2.45) is 0 Å². The molecule has 0 aliphatic carbocycles. The molecule has 9 heteroatoms. The topological polar surface area (TPSA) is 67.2 Å². The Morgan fingerprint density at radius 3 is 2.50 bits per heavy atom. The Kier molecular flexibility index (Phi) is 6.72. The molecule has 2 saturated heterocycles. The predicted octanol–water partition coefficient (Wildman–Crippen LogP) is 4.33. The molecule has 0 saturated carbocycles. The Morgan fingerprint density at radius 2 is 1.81 bits per heavy atom. The van der Waals surface area contributed by atoms with Gasteiger partial charge in [-0.3, -0.25) is 18.9 Å². The van der Waals surface area contributed by atoms with Gasteiger partial charge in [0.05, 0.1) is 29.2 Å². The number of hydrogen-bond donors (Lipinski definition) is 0. The number of carbonyl (C=O) groups is 1. The van der Waals surface area contributed by atoms with E-state index in [1.54, 1.807) is 21.6 Å². The summed E-state index contributed by atoms with van der Waals surface area (Å²) in [5.41, 5.74) is 3.83. The predicted molar refractivity (Wildman–Crippen MR) is 148 cm³/mol. The summed E-state index contributed by atoms with van der Waals surface area (Å²) < 4.78 is 7.94. The number of benzene rings is 1. The molecule has 7 nitrogen and oxygen atoms in total. The summed E-state index contributed by atoms with van der Waals surface area (Å²) in [6, 6.07) is 11.8. The molecule has 36 heavy (non-hydrogen) atoms. The lowest BCUT2D eigenvalue weighted by atomic mass is 10.1. The van der Waals surface area contributed by atoms with Crippen LogP contribution >= 0.6 is 24.0 Å². The van der Waals surface area contributed by atoms with Crippen LogP contribution in [0.3, 0.4) is 0 Å². The first kappa shape index (κ1) is 24.7. The highest BCUT2D eigenvalue weighted by atomic mass is 32.2. The molecule has 186 valence electrons. The number of morpholine rings is 1. The molecule has 2 fully saturated rings. The summed E-state index contributed by atoms with van der Waals surface area (Å²) in [5, 5.41) is 0. The van der Waals surface area contributed by atoms with Crippen molar-refractivity contribution in [3.63, 3.8) is 0 Å². The quantitative estimate of drug-likeness (QED) is 0.375. The summed E-state index contributed by atoms with van der Waals surface area (Å²) in [7, 11) is 0. The van der Waals surface area contributed by atoms with Crippen molar-refractivity contribution in [3.8, 4) is 0 Å². The number of hydrogen-bond acceptors (Lipinski definition) is 7. The zero-order chi connectivity index (χ0) is 25.6. The molecule has 3 aromatic rings. The molecule has 5 rings (SSSR count). The Hall–Kier alpha value is -3.01. The molecule has 1 aromatic carbocycles. The van der Waals surface area contributed by atoms with Gasteiger partial charge in [-0.1, -0.05) is 59.9 Å². The van der Waals surface area contributed by atoms with E-state index in [2.05, 4.69) is 4.90 Å². The number of rotatable bonds is 4. The number of thioether (sulfide) groups is 1. The number of ether oxygens (including phenoxy) is 1. The van der Waals surface area contributed by atoms with E-state index in [4.69, 9.17) is 21.9 Å². The highest BCUT2D eigenvalue weighted by Crippen LogP contribution is 2.35. The first-order valence-corrected chi connectivity index (χ1v) is 13.2. The summed E-state index contributed by atoms with van der Waals surface area (Å²) in [6.07, 6.45) is 3.36. The molecule has 2 aliphatic heterocycles. The van der Waals surface area contributed by atoms with Crippen molar-refractivity contribution in [2.75, 3.05) is 18.0 Å². The molecule has 2 aromatic heterocycles. The van der Waals surface area contributed by atoms with Crippen LogP contribution in [0.2, 0.25) is 0 Å². The molecule has 0 spiro atoms. The molecule has 0 bridgehead atoms. The molecule has 0 radical (unpaired) electrons. The first-order chi connectivity index (χ1) is 17.2. The fraction of sp³-hybridized carbons (Fsp3) is 0.333. The third kappa shape index (κ3) is 4.70. The number of anilines is 1. The van der Waals surface area contributed by atoms with E-state index >= 15 is 0 Å². The molecule has 2 atom stereocenters. The van der Waals surface area contributed by atoms with E-state index < -0.39 is 0 Å². The van der Waals surface area contributed by atoms with Crippen LogP contribution in [0.1, 0.15) is 36.1 Å². The van der Waals surface area contributed by atoms with E-state index in [-0.39, 0.29) is 23.7 Å². The largest absolute Gasteiger partial charge is 0.372 e. The second kappa shape index (κ2) is 9.80. The van der Waals surface area contributed by atoms with Crippen LogP contribution in [0, 0.1) is 13.8 Å². The summed E-state index contributed by atoms with van der Waals surface area (Å²) in [4.78, 5) is 36.2. The third-order valence-electron chi connectivity index (χ3n) is 6.39. The number of aryl methyl sites for hydroxylation is 2. The van der Waals surface area contributed by atoms with Crippen molar-refractivity contribution >= 4 is 51.7 Å². The summed E-state index contributed by atoms with van der Waals surface area (Å²) in [6.45, 7) is 9.59. The molecule has 0 N–H and O–H groups in total. The molecule has 4 heterocycles. The minimum absolute atomic E-state index is 0.00792. The van der Waals surface area contributed by atoms with Crippen LogP contribution in [-0.2, 0) is 16.1 Å². The van der Waals surface area contributed by atoms with Gasteiger partial charge in [0.2, 0.25) is 0 Å². The minimum atomic E-state index is -0.214. The lowest BCUT2D eigenvalue weighted by molar-refractivity contribution is -0.122. The zero-order valence-corrected chi connectivity index (χ0v) is 22.4.